The summed E-state index contributed by atoms with van der Waals surface area (Å²) in [6, 6.07) is 17.8. The predicted octanol–water partition coefficient (Wildman–Crippen LogP) is 4.12. The van der Waals surface area contributed by atoms with E-state index in [1.165, 1.54) is 11.1 Å². The van der Waals surface area contributed by atoms with E-state index < -0.39 is 0 Å². The highest BCUT2D eigenvalue weighted by molar-refractivity contribution is 5.97. The van der Waals surface area contributed by atoms with Crippen LogP contribution in [0.5, 0.6) is 5.75 Å². The Morgan fingerprint density at radius 3 is 2.39 bits per heavy atom. The number of anilines is 1. The molecule has 0 atom stereocenters. The Morgan fingerprint density at radius 2 is 1.71 bits per heavy atom. The van der Waals surface area contributed by atoms with E-state index in [2.05, 4.69) is 47.1 Å². The van der Waals surface area contributed by atoms with Gasteiger partial charge in [-0.15, -0.1) is 10.2 Å². The lowest BCUT2D eigenvalue weighted by Crippen LogP contribution is -2.49. The fourth-order valence-corrected chi connectivity index (χ4v) is 3.78. The van der Waals surface area contributed by atoms with Crippen molar-refractivity contribution in [1.82, 2.24) is 15.1 Å². The van der Waals surface area contributed by atoms with Gasteiger partial charge in [-0.2, -0.15) is 0 Å². The van der Waals surface area contributed by atoms with Crippen LogP contribution < -0.4 is 9.64 Å². The zero-order valence-corrected chi connectivity index (χ0v) is 18.3. The van der Waals surface area contributed by atoms with Gasteiger partial charge in [0.2, 0.25) is 0 Å². The molecule has 31 heavy (non-hydrogen) atoms. The van der Waals surface area contributed by atoms with E-state index in [-0.39, 0.29) is 5.91 Å². The van der Waals surface area contributed by atoms with Gasteiger partial charge in [-0.25, -0.2) is 0 Å². The van der Waals surface area contributed by atoms with Crippen molar-refractivity contribution in [3.8, 4) is 17.0 Å². The Bertz CT molecular complexity index is 1060. The summed E-state index contributed by atoms with van der Waals surface area (Å²) in [5.41, 5.74) is 5.08. The number of aromatic nitrogens is 2. The first-order valence-electron chi connectivity index (χ1n) is 10.7. The summed E-state index contributed by atoms with van der Waals surface area (Å²) in [4.78, 5) is 17.0. The molecule has 0 bridgehead atoms. The molecule has 1 amide bonds. The number of nitrogens with zero attached hydrogens (tertiary/aromatic N) is 4. The Labute approximate surface area is 183 Å². The molecule has 2 aromatic carbocycles. The zero-order chi connectivity index (χ0) is 21.8. The second-order valence-electron chi connectivity index (χ2n) is 7.78. The SMILES string of the molecule is CCOc1ccccc1C(=O)N1CCN(c2ccc(-c3ccc(C)c(C)c3)nn2)CC1. The highest BCUT2D eigenvalue weighted by Crippen LogP contribution is 2.23. The minimum Gasteiger partial charge on any atom is -0.493 e. The van der Waals surface area contributed by atoms with Crippen LogP contribution in [0, 0.1) is 13.8 Å². The number of para-hydroxylation sites is 1. The van der Waals surface area contributed by atoms with E-state index >= 15 is 0 Å². The molecule has 160 valence electrons. The van der Waals surface area contributed by atoms with E-state index in [0.29, 0.717) is 31.0 Å². The summed E-state index contributed by atoms with van der Waals surface area (Å²) in [5.74, 6) is 1.50. The smallest absolute Gasteiger partial charge is 0.257 e. The summed E-state index contributed by atoms with van der Waals surface area (Å²) in [7, 11) is 0. The predicted molar refractivity (Wildman–Crippen MR) is 123 cm³/mol. The fourth-order valence-electron chi connectivity index (χ4n) is 3.78. The summed E-state index contributed by atoms with van der Waals surface area (Å²) in [6.45, 7) is 9.39. The van der Waals surface area contributed by atoms with E-state index in [4.69, 9.17) is 4.74 Å². The van der Waals surface area contributed by atoms with Crippen LogP contribution in [-0.4, -0.2) is 53.8 Å². The molecular weight excluding hydrogens is 388 g/mol. The molecule has 0 aliphatic carbocycles. The number of rotatable bonds is 5. The molecule has 0 saturated carbocycles. The van der Waals surface area contributed by atoms with E-state index in [1.54, 1.807) is 0 Å². The molecule has 0 radical (unpaired) electrons. The lowest BCUT2D eigenvalue weighted by atomic mass is 10.0. The number of hydrogen-bond donors (Lipinski definition) is 0. The molecule has 4 rings (SSSR count). The van der Waals surface area contributed by atoms with Gasteiger partial charge in [0.1, 0.15) is 5.75 Å². The standard InChI is InChI=1S/C25H28N4O2/c1-4-31-23-8-6-5-7-21(23)25(30)29-15-13-28(14-16-29)24-12-11-22(26-27-24)20-10-9-18(2)19(3)17-20/h5-12,17H,4,13-16H2,1-3H3. The van der Waals surface area contributed by atoms with Crippen molar-refractivity contribution in [2.24, 2.45) is 0 Å². The molecule has 1 fully saturated rings. The second kappa shape index (κ2) is 9.16. The largest absolute Gasteiger partial charge is 0.493 e. The first kappa shape index (κ1) is 20.8. The molecule has 1 aromatic heterocycles. The van der Waals surface area contributed by atoms with Gasteiger partial charge in [-0.05, 0) is 62.2 Å². The Hall–Kier alpha value is -3.41. The fraction of sp³-hybridized carbons (Fsp3) is 0.320. The van der Waals surface area contributed by atoms with Gasteiger partial charge >= 0.3 is 0 Å². The highest BCUT2D eigenvalue weighted by Gasteiger charge is 2.25. The van der Waals surface area contributed by atoms with Crippen LogP contribution in [0.1, 0.15) is 28.4 Å². The third kappa shape index (κ3) is 4.53. The molecule has 6 nitrogen and oxygen atoms in total. The van der Waals surface area contributed by atoms with Crippen molar-refractivity contribution in [2.45, 2.75) is 20.8 Å². The average Bonchev–Trinajstić information content (AvgIpc) is 2.81. The van der Waals surface area contributed by atoms with Crippen LogP contribution in [0.4, 0.5) is 5.82 Å². The van der Waals surface area contributed by atoms with Crippen molar-refractivity contribution in [2.75, 3.05) is 37.7 Å². The highest BCUT2D eigenvalue weighted by atomic mass is 16.5. The molecule has 6 heteroatoms. The van der Waals surface area contributed by atoms with Gasteiger partial charge in [0.05, 0.1) is 17.9 Å². The summed E-state index contributed by atoms with van der Waals surface area (Å²) >= 11 is 0. The maximum absolute atomic E-state index is 13.0. The first-order chi connectivity index (χ1) is 15.1. The first-order valence-corrected chi connectivity index (χ1v) is 10.7. The van der Waals surface area contributed by atoms with E-state index in [1.807, 2.05) is 48.2 Å². The quantitative estimate of drug-likeness (QED) is 0.626. The van der Waals surface area contributed by atoms with Crippen LogP contribution in [0.3, 0.4) is 0 Å². The third-order valence-corrected chi connectivity index (χ3v) is 5.76. The molecule has 0 unspecified atom stereocenters. The normalized spacial score (nSPS) is 13.9. The Morgan fingerprint density at radius 1 is 0.935 bits per heavy atom. The number of aryl methyl sites for hydroxylation is 2. The van der Waals surface area contributed by atoms with Crippen LogP contribution in [-0.2, 0) is 0 Å². The van der Waals surface area contributed by atoms with E-state index in [0.717, 1.165) is 30.2 Å². The number of hydrogen-bond acceptors (Lipinski definition) is 5. The number of carbonyl (C=O) groups excluding carboxylic acids is 1. The van der Waals surface area contributed by atoms with Crippen LogP contribution >= 0.6 is 0 Å². The van der Waals surface area contributed by atoms with Gasteiger partial charge in [0.15, 0.2) is 5.82 Å². The lowest BCUT2D eigenvalue weighted by Gasteiger charge is -2.35. The number of piperazine rings is 1. The molecule has 1 aliphatic heterocycles. The molecule has 3 aromatic rings. The molecule has 1 aliphatic rings. The summed E-state index contributed by atoms with van der Waals surface area (Å²) in [6.07, 6.45) is 0. The minimum atomic E-state index is 0.0138. The monoisotopic (exact) mass is 416 g/mol. The second-order valence-corrected chi connectivity index (χ2v) is 7.78. The van der Waals surface area contributed by atoms with Crippen molar-refractivity contribution < 1.29 is 9.53 Å². The van der Waals surface area contributed by atoms with Crippen LogP contribution in [0.25, 0.3) is 11.3 Å². The topological polar surface area (TPSA) is 58.6 Å². The number of benzene rings is 2. The molecule has 2 heterocycles. The molecule has 1 saturated heterocycles. The van der Waals surface area contributed by atoms with Crippen LogP contribution in [0.15, 0.2) is 54.6 Å². The van der Waals surface area contributed by atoms with Gasteiger partial charge in [-0.3, -0.25) is 4.79 Å². The number of carbonyl (C=O) groups is 1. The Balaban J connectivity index is 1.41. The molecular formula is C25H28N4O2. The van der Waals surface area contributed by atoms with Gasteiger partial charge < -0.3 is 14.5 Å². The van der Waals surface area contributed by atoms with Gasteiger partial charge in [0, 0.05) is 31.7 Å². The van der Waals surface area contributed by atoms with Gasteiger partial charge in [-0.1, -0.05) is 24.3 Å². The summed E-state index contributed by atoms with van der Waals surface area (Å²) < 4.78 is 5.62. The van der Waals surface area contributed by atoms with Crippen molar-refractivity contribution in [3.63, 3.8) is 0 Å². The maximum Gasteiger partial charge on any atom is 0.257 e. The molecule has 0 spiro atoms. The van der Waals surface area contributed by atoms with Crippen molar-refractivity contribution in [3.05, 3.63) is 71.3 Å². The summed E-state index contributed by atoms with van der Waals surface area (Å²) in [5, 5.41) is 8.89. The maximum atomic E-state index is 13.0. The lowest BCUT2D eigenvalue weighted by molar-refractivity contribution is 0.0742. The van der Waals surface area contributed by atoms with Gasteiger partial charge in [0.25, 0.3) is 5.91 Å². The number of amides is 1. The van der Waals surface area contributed by atoms with E-state index in [9.17, 15) is 4.79 Å². The third-order valence-electron chi connectivity index (χ3n) is 5.76. The molecule has 0 N–H and O–H groups in total. The van der Waals surface area contributed by atoms with Crippen LogP contribution in [0.2, 0.25) is 0 Å². The minimum absolute atomic E-state index is 0.0138. The average molecular weight is 417 g/mol. The number of ether oxygens (including phenoxy) is 1. The van der Waals surface area contributed by atoms with Crippen molar-refractivity contribution >= 4 is 11.7 Å². The Kier molecular flexibility index (Phi) is 6.16. The van der Waals surface area contributed by atoms with Crippen molar-refractivity contribution in [1.29, 1.82) is 0 Å². The zero-order valence-electron chi connectivity index (χ0n) is 18.3.